The average Bonchev–Trinajstić information content (AvgIpc) is 2.62. The molecule has 0 spiro atoms. The monoisotopic (exact) mass is 339 g/mol. The molecule has 24 heavy (non-hydrogen) atoms. The van der Waals surface area contributed by atoms with Crippen molar-refractivity contribution in [2.75, 3.05) is 0 Å². The number of carbonyl (C=O) groups excluding carboxylic acids is 1. The van der Waals surface area contributed by atoms with Crippen molar-refractivity contribution >= 4 is 17.7 Å². The maximum Gasteiger partial charge on any atom is 0.233 e. The summed E-state index contributed by atoms with van der Waals surface area (Å²) >= 11 is 1.60. The molecule has 0 bridgehead atoms. The van der Waals surface area contributed by atoms with Crippen LogP contribution in [0.4, 0.5) is 0 Å². The van der Waals surface area contributed by atoms with Gasteiger partial charge in [-0.2, -0.15) is 0 Å². The van der Waals surface area contributed by atoms with Gasteiger partial charge in [0, 0.05) is 4.90 Å². The van der Waals surface area contributed by atoms with Crippen molar-refractivity contribution in [2.24, 2.45) is 0 Å². The fourth-order valence-corrected chi connectivity index (χ4v) is 4.09. The second kappa shape index (κ2) is 7.89. The third kappa shape index (κ3) is 4.21. The van der Waals surface area contributed by atoms with Crippen LogP contribution in [0.5, 0.6) is 0 Å². The lowest BCUT2D eigenvalue weighted by Crippen LogP contribution is -2.33. The first-order valence-electron chi connectivity index (χ1n) is 8.77. The Morgan fingerprint density at radius 2 is 1.71 bits per heavy atom. The van der Waals surface area contributed by atoms with Gasteiger partial charge in [0.25, 0.3) is 0 Å². The minimum absolute atomic E-state index is 0.0450. The Hall–Kier alpha value is -1.74. The molecule has 2 atom stereocenters. The summed E-state index contributed by atoms with van der Waals surface area (Å²) in [4.78, 5) is 13.6. The zero-order chi connectivity index (χ0) is 16.9. The summed E-state index contributed by atoms with van der Waals surface area (Å²) in [6.45, 7) is 4.04. The number of fused-ring (bicyclic) bond motifs is 1. The van der Waals surface area contributed by atoms with Crippen LogP contribution >= 0.6 is 11.8 Å². The summed E-state index contributed by atoms with van der Waals surface area (Å²) in [5, 5.41) is 3.06. The first-order valence-corrected chi connectivity index (χ1v) is 9.65. The van der Waals surface area contributed by atoms with Crippen LogP contribution in [0.3, 0.4) is 0 Å². The lowest BCUT2D eigenvalue weighted by atomic mass is 9.89. The smallest absolute Gasteiger partial charge is 0.233 e. The first-order chi connectivity index (χ1) is 11.6. The molecule has 0 radical (unpaired) electrons. The second-order valence-corrected chi connectivity index (χ2v) is 7.95. The van der Waals surface area contributed by atoms with Crippen LogP contribution in [0.15, 0.2) is 53.4 Å². The Morgan fingerprint density at radius 3 is 2.46 bits per heavy atom. The number of carbonyl (C=O) groups is 1. The van der Waals surface area contributed by atoms with Gasteiger partial charge in [-0.3, -0.25) is 4.79 Å². The van der Waals surface area contributed by atoms with Crippen LogP contribution in [-0.2, 0) is 17.6 Å². The van der Waals surface area contributed by atoms with Crippen LogP contribution in [0.2, 0.25) is 0 Å². The van der Waals surface area contributed by atoms with Gasteiger partial charge < -0.3 is 5.32 Å². The minimum atomic E-state index is -0.104. The van der Waals surface area contributed by atoms with E-state index >= 15 is 0 Å². The van der Waals surface area contributed by atoms with Crippen LogP contribution < -0.4 is 5.32 Å². The highest BCUT2D eigenvalue weighted by molar-refractivity contribution is 8.00. The standard InChI is InChI=1S/C21H25NOS/c1-15(18-13-12-17-8-6-7-9-19(17)14-18)22-21(23)16(2)24-20-10-4-3-5-11-20/h3-5,10-16H,6-9H2,1-2H3,(H,22,23). The summed E-state index contributed by atoms with van der Waals surface area (Å²) < 4.78 is 0. The molecule has 3 heteroatoms. The van der Waals surface area contributed by atoms with E-state index in [2.05, 4.69) is 30.4 Å². The van der Waals surface area contributed by atoms with Gasteiger partial charge in [0.05, 0.1) is 11.3 Å². The van der Waals surface area contributed by atoms with Crippen molar-refractivity contribution in [1.82, 2.24) is 5.32 Å². The number of amides is 1. The number of hydrogen-bond donors (Lipinski definition) is 1. The van der Waals surface area contributed by atoms with Crippen molar-refractivity contribution in [2.45, 2.75) is 55.7 Å². The Morgan fingerprint density at radius 1 is 1.00 bits per heavy atom. The number of hydrogen-bond acceptors (Lipinski definition) is 2. The van der Waals surface area contributed by atoms with Gasteiger partial charge in [0.1, 0.15) is 0 Å². The van der Waals surface area contributed by atoms with Gasteiger partial charge >= 0.3 is 0 Å². The van der Waals surface area contributed by atoms with E-state index in [1.807, 2.05) is 37.3 Å². The zero-order valence-electron chi connectivity index (χ0n) is 14.4. The van der Waals surface area contributed by atoms with Gasteiger partial charge in [0.2, 0.25) is 5.91 Å². The van der Waals surface area contributed by atoms with E-state index in [0.29, 0.717) is 0 Å². The van der Waals surface area contributed by atoms with Crippen LogP contribution in [0, 0.1) is 0 Å². The molecule has 0 fully saturated rings. The quantitative estimate of drug-likeness (QED) is 0.783. The third-order valence-corrected chi connectivity index (χ3v) is 5.77. The van der Waals surface area contributed by atoms with E-state index < -0.39 is 0 Å². The highest BCUT2D eigenvalue weighted by atomic mass is 32.2. The van der Waals surface area contributed by atoms with E-state index in [1.54, 1.807) is 11.8 Å². The summed E-state index contributed by atoms with van der Waals surface area (Å²) in [5.41, 5.74) is 4.16. The Balaban J connectivity index is 1.61. The second-order valence-electron chi connectivity index (χ2n) is 6.54. The molecule has 126 valence electrons. The Bertz CT molecular complexity index is 698. The summed E-state index contributed by atoms with van der Waals surface area (Å²) in [5.74, 6) is 0.0917. The van der Waals surface area contributed by atoms with Gasteiger partial charge in [0.15, 0.2) is 0 Å². The van der Waals surface area contributed by atoms with E-state index in [0.717, 1.165) is 4.90 Å². The molecule has 1 N–H and O–H groups in total. The van der Waals surface area contributed by atoms with Crippen molar-refractivity contribution in [1.29, 1.82) is 0 Å². The van der Waals surface area contributed by atoms with Gasteiger partial charge in [-0.25, -0.2) is 0 Å². The van der Waals surface area contributed by atoms with Crippen molar-refractivity contribution in [3.8, 4) is 0 Å². The fraction of sp³-hybridized carbons (Fsp3) is 0.381. The van der Waals surface area contributed by atoms with Gasteiger partial charge in [-0.05, 0) is 68.4 Å². The third-order valence-electron chi connectivity index (χ3n) is 4.66. The van der Waals surface area contributed by atoms with E-state index in [9.17, 15) is 4.79 Å². The molecule has 3 rings (SSSR count). The number of benzene rings is 2. The van der Waals surface area contributed by atoms with Crippen molar-refractivity contribution < 1.29 is 4.79 Å². The number of rotatable bonds is 5. The van der Waals surface area contributed by atoms with E-state index in [1.165, 1.54) is 42.4 Å². The molecule has 1 amide bonds. The molecule has 0 heterocycles. The SMILES string of the molecule is CC(Sc1ccccc1)C(=O)NC(C)c1ccc2c(c1)CCCC2. The lowest BCUT2D eigenvalue weighted by molar-refractivity contribution is -0.120. The van der Waals surface area contributed by atoms with Gasteiger partial charge in [-0.1, -0.05) is 36.4 Å². The molecule has 0 saturated heterocycles. The molecule has 0 aliphatic heterocycles. The summed E-state index contributed by atoms with van der Waals surface area (Å²) in [6, 6.07) is 16.8. The maximum atomic E-state index is 12.5. The Labute approximate surface area is 149 Å². The minimum Gasteiger partial charge on any atom is -0.349 e. The normalized spacial score (nSPS) is 16.1. The molecule has 0 saturated carbocycles. The van der Waals surface area contributed by atoms with Crippen molar-refractivity contribution in [3.63, 3.8) is 0 Å². The molecule has 2 nitrogen and oxygen atoms in total. The number of thioether (sulfide) groups is 1. The molecule has 1 aliphatic carbocycles. The molecule has 2 unspecified atom stereocenters. The fourth-order valence-electron chi connectivity index (χ4n) is 3.19. The molecular formula is C21H25NOS. The predicted octanol–water partition coefficient (Wildman–Crippen LogP) is 4.92. The van der Waals surface area contributed by atoms with Crippen LogP contribution in [-0.4, -0.2) is 11.2 Å². The van der Waals surface area contributed by atoms with Crippen LogP contribution in [0.25, 0.3) is 0 Å². The highest BCUT2D eigenvalue weighted by Crippen LogP contribution is 2.26. The maximum absolute atomic E-state index is 12.5. The molecule has 2 aromatic rings. The van der Waals surface area contributed by atoms with Crippen LogP contribution in [0.1, 0.15) is 49.4 Å². The predicted molar refractivity (Wildman–Crippen MR) is 101 cm³/mol. The number of aryl methyl sites for hydroxylation is 2. The van der Waals surface area contributed by atoms with Gasteiger partial charge in [-0.15, -0.1) is 11.8 Å². The highest BCUT2D eigenvalue weighted by Gasteiger charge is 2.18. The molecule has 0 aromatic heterocycles. The molecule has 1 aliphatic rings. The zero-order valence-corrected chi connectivity index (χ0v) is 15.2. The van der Waals surface area contributed by atoms with E-state index in [-0.39, 0.29) is 17.2 Å². The largest absolute Gasteiger partial charge is 0.349 e. The summed E-state index contributed by atoms with van der Waals surface area (Å²) in [6.07, 6.45) is 4.94. The Kier molecular flexibility index (Phi) is 5.62. The average molecular weight is 340 g/mol. The summed E-state index contributed by atoms with van der Waals surface area (Å²) in [7, 11) is 0. The molecule has 2 aromatic carbocycles. The topological polar surface area (TPSA) is 29.1 Å². The first kappa shape index (κ1) is 17.1. The molecular weight excluding hydrogens is 314 g/mol. The number of nitrogens with one attached hydrogen (secondary N) is 1. The lowest BCUT2D eigenvalue weighted by Gasteiger charge is -2.21. The van der Waals surface area contributed by atoms with Crippen molar-refractivity contribution in [3.05, 3.63) is 65.2 Å². The van der Waals surface area contributed by atoms with E-state index in [4.69, 9.17) is 0 Å².